The molecular weight excluding hydrogens is 478 g/mol. The van der Waals surface area contributed by atoms with Crippen LogP contribution in [0.2, 0.25) is 5.02 Å². The van der Waals surface area contributed by atoms with Crippen molar-refractivity contribution >= 4 is 17.5 Å². The number of hydrogen-bond acceptors (Lipinski definition) is 5. The molecule has 0 N–H and O–H groups in total. The van der Waals surface area contributed by atoms with Gasteiger partial charge in [-0.05, 0) is 19.1 Å². The van der Waals surface area contributed by atoms with Crippen LogP contribution in [0.25, 0.3) is 5.69 Å². The molecule has 1 aromatic carbocycles. The fourth-order valence-electron chi connectivity index (χ4n) is 3.50. The zero-order valence-corrected chi connectivity index (χ0v) is 18.4. The molecule has 34 heavy (non-hydrogen) atoms. The second kappa shape index (κ2) is 8.95. The molecule has 1 unspecified atom stereocenters. The largest absolute Gasteiger partial charge is 0.480 e. The highest BCUT2D eigenvalue weighted by molar-refractivity contribution is 6.35. The topological polar surface area (TPSA) is 84.0 Å². The summed E-state index contributed by atoms with van der Waals surface area (Å²) in [5.41, 5.74) is 1.37. The van der Waals surface area contributed by atoms with E-state index in [-0.39, 0.29) is 35.0 Å². The van der Waals surface area contributed by atoms with E-state index in [0.29, 0.717) is 23.4 Å². The number of carbonyl (C=O) groups excluding carboxylic acids is 1. The Morgan fingerprint density at radius 3 is 2.76 bits per heavy atom. The molecule has 1 amide bonds. The quantitative estimate of drug-likeness (QED) is 0.501. The lowest BCUT2D eigenvalue weighted by molar-refractivity contribution is -0.189. The van der Waals surface area contributed by atoms with Gasteiger partial charge in [-0.15, -0.1) is 0 Å². The lowest BCUT2D eigenvalue weighted by Crippen LogP contribution is -2.37. The first kappa shape index (κ1) is 23.5. The fourth-order valence-corrected chi connectivity index (χ4v) is 3.78. The Kier molecular flexibility index (Phi) is 6.18. The molecule has 12 heteroatoms. The molecule has 3 heterocycles. The second-order valence-electron chi connectivity index (χ2n) is 7.60. The van der Waals surface area contributed by atoms with Crippen LogP contribution in [0.5, 0.6) is 5.75 Å². The molecule has 2 aromatic heterocycles. The van der Waals surface area contributed by atoms with Gasteiger partial charge < -0.3 is 9.64 Å². The van der Waals surface area contributed by atoms with Crippen molar-refractivity contribution in [3.63, 3.8) is 0 Å². The molecule has 0 spiro atoms. The SMILES string of the molecule is CC(Oc1ccc(C#N)c(Cl)c1C(=O)N1CCc2nn(-c3cncc(F)c3)cc2C1)C(F)(F)F. The summed E-state index contributed by atoms with van der Waals surface area (Å²) in [6.07, 6.45) is -2.40. The standard InChI is InChI=1S/C22H16ClF4N5O2/c1-12(22(25,26)27)34-18-3-2-13(7-28)20(23)19(18)21(33)31-5-4-17-14(10-31)11-32(30-17)16-6-15(24)8-29-9-16/h2-3,6,8-9,11-12H,4-5,10H2,1H3. The van der Waals surface area contributed by atoms with E-state index >= 15 is 0 Å². The first-order chi connectivity index (χ1) is 16.1. The van der Waals surface area contributed by atoms with E-state index in [1.165, 1.54) is 27.9 Å². The maximum Gasteiger partial charge on any atom is 0.425 e. The van der Waals surface area contributed by atoms with Crippen molar-refractivity contribution < 1.29 is 27.1 Å². The number of alkyl halides is 3. The van der Waals surface area contributed by atoms with E-state index in [0.717, 1.165) is 19.2 Å². The molecule has 0 radical (unpaired) electrons. The third-order valence-electron chi connectivity index (χ3n) is 5.30. The number of amides is 1. The van der Waals surface area contributed by atoms with Crippen molar-refractivity contribution in [3.05, 3.63) is 70.0 Å². The Balaban J connectivity index is 1.65. The predicted octanol–water partition coefficient (Wildman–Crippen LogP) is 4.46. The van der Waals surface area contributed by atoms with Gasteiger partial charge in [-0.1, -0.05) is 11.6 Å². The third kappa shape index (κ3) is 4.54. The average Bonchev–Trinajstić information content (AvgIpc) is 3.22. The smallest absolute Gasteiger partial charge is 0.425 e. The van der Waals surface area contributed by atoms with Crippen LogP contribution in [-0.2, 0) is 13.0 Å². The molecule has 1 aliphatic heterocycles. The minimum atomic E-state index is -4.67. The maximum absolute atomic E-state index is 13.5. The fraction of sp³-hybridized carbons (Fsp3) is 0.273. The van der Waals surface area contributed by atoms with Crippen LogP contribution < -0.4 is 4.74 Å². The lowest BCUT2D eigenvalue weighted by atomic mass is 10.0. The summed E-state index contributed by atoms with van der Waals surface area (Å²) in [6.45, 7) is 1.09. The Morgan fingerprint density at radius 1 is 1.32 bits per heavy atom. The molecule has 0 saturated carbocycles. The van der Waals surface area contributed by atoms with E-state index in [2.05, 4.69) is 10.1 Å². The molecule has 0 saturated heterocycles. The summed E-state index contributed by atoms with van der Waals surface area (Å²) in [5.74, 6) is -1.58. The molecule has 1 aliphatic rings. The number of halogens is 5. The molecule has 7 nitrogen and oxygen atoms in total. The Hall–Kier alpha value is -3.65. The van der Waals surface area contributed by atoms with Crippen LogP contribution >= 0.6 is 11.6 Å². The molecule has 4 rings (SSSR count). The van der Waals surface area contributed by atoms with Crippen molar-refractivity contribution in [1.82, 2.24) is 19.7 Å². The average molecular weight is 494 g/mol. The van der Waals surface area contributed by atoms with Gasteiger partial charge in [0.15, 0.2) is 6.10 Å². The predicted molar refractivity (Wildman–Crippen MR) is 112 cm³/mol. The van der Waals surface area contributed by atoms with Gasteiger partial charge in [-0.25, -0.2) is 9.07 Å². The number of rotatable bonds is 4. The van der Waals surface area contributed by atoms with Crippen LogP contribution in [0, 0.1) is 17.1 Å². The number of ether oxygens (including phenoxy) is 1. The highest BCUT2D eigenvalue weighted by atomic mass is 35.5. The maximum atomic E-state index is 13.5. The highest BCUT2D eigenvalue weighted by Crippen LogP contribution is 2.35. The van der Waals surface area contributed by atoms with Crippen molar-refractivity contribution in [2.45, 2.75) is 32.2 Å². The number of pyridine rings is 1. The number of aromatic nitrogens is 3. The third-order valence-corrected chi connectivity index (χ3v) is 5.69. The summed E-state index contributed by atoms with van der Waals surface area (Å²) in [5, 5.41) is 13.4. The van der Waals surface area contributed by atoms with Gasteiger partial charge in [-0.3, -0.25) is 9.78 Å². The highest BCUT2D eigenvalue weighted by Gasteiger charge is 2.39. The van der Waals surface area contributed by atoms with Crippen LogP contribution in [-0.4, -0.2) is 44.4 Å². The van der Waals surface area contributed by atoms with Crippen LogP contribution in [0.3, 0.4) is 0 Å². The van der Waals surface area contributed by atoms with Crippen molar-refractivity contribution in [2.24, 2.45) is 0 Å². The first-order valence-corrected chi connectivity index (χ1v) is 10.4. The zero-order chi connectivity index (χ0) is 24.6. The molecule has 176 valence electrons. The van der Waals surface area contributed by atoms with E-state index in [9.17, 15) is 27.6 Å². The van der Waals surface area contributed by atoms with E-state index < -0.39 is 24.0 Å². The minimum Gasteiger partial charge on any atom is -0.480 e. The lowest BCUT2D eigenvalue weighted by Gasteiger charge is -2.28. The van der Waals surface area contributed by atoms with Crippen LogP contribution in [0.15, 0.2) is 36.8 Å². The number of nitriles is 1. The summed E-state index contributed by atoms with van der Waals surface area (Å²) in [7, 11) is 0. The Morgan fingerprint density at radius 2 is 2.09 bits per heavy atom. The molecule has 0 aliphatic carbocycles. The molecule has 0 bridgehead atoms. The normalized spacial score (nSPS) is 14.3. The van der Waals surface area contributed by atoms with E-state index in [1.807, 2.05) is 6.07 Å². The summed E-state index contributed by atoms with van der Waals surface area (Å²) in [6, 6.07) is 5.40. The Bertz CT molecular complexity index is 1300. The summed E-state index contributed by atoms with van der Waals surface area (Å²) in [4.78, 5) is 18.5. The van der Waals surface area contributed by atoms with Gasteiger partial charge in [0.05, 0.1) is 34.4 Å². The number of nitrogens with zero attached hydrogens (tertiary/aromatic N) is 5. The summed E-state index contributed by atoms with van der Waals surface area (Å²) < 4.78 is 59.2. The molecule has 3 aromatic rings. The van der Waals surface area contributed by atoms with Crippen molar-refractivity contribution in [1.29, 1.82) is 5.26 Å². The number of hydrogen-bond donors (Lipinski definition) is 0. The van der Waals surface area contributed by atoms with Gasteiger partial charge in [0.25, 0.3) is 5.91 Å². The second-order valence-corrected chi connectivity index (χ2v) is 7.98. The van der Waals surface area contributed by atoms with E-state index in [4.69, 9.17) is 16.3 Å². The summed E-state index contributed by atoms with van der Waals surface area (Å²) >= 11 is 6.23. The molecule has 0 fully saturated rings. The first-order valence-electron chi connectivity index (χ1n) is 10.0. The van der Waals surface area contributed by atoms with Crippen LogP contribution in [0.4, 0.5) is 17.6 Å². The van der Waals surface area contributed by atoms with Crippen molar-refractivity contribution in [3.8, 4) is 17.5 Å². The van der Waals surface area contributed by atoms with Gasteiger partial charge >= 0.3 is 6.18 Å². The zero-order valence-electron chi connectivity index (χ0n) is 17.6. The Labute approximate surface area is 196 Å². The molecule has 1 atom stereocenters. The number of benzene rings is 1. The van der Waals surface area contributed by atoms with Gasteiger partial charge in [-0.2, -0.15) is 23.5 Å². The number of fused-ring (bicyclic) bond motifs is 1. The molecular formula is C22H16ClF4N5O2. The van der Waals surface area contributed by atoms with Gasteiger partial charge in [0.2, 0.25) is 0 Å². The number of carbonyl (C=O) groups is 1. The van der Waals surface area contributed by atoms with Gasteiger partial charge in [0.1, 0.15) is 23.2 Å². The van der Waals surface area contributed by atoms with E-state index in [1.54, 1.807) is 6.20 Å². The van der Waals surface area contributed by atoms with Crippen LogP contribution in [0.1, 0.15) is 34.1 Å². The minimum absolute atomic E-state index is 0.0684. The monoisotopic (exact) mass is 493 g/mol. The van der Waals surface area contributed by atoms with Gasteiger partial charge in [0, 0.05) is 37.3 Å². The van der Waals surface area contributed by atoms with Crippen molar-refractivity contribution in [2.75, 3.05) is 6.54 Å².